The fourth-order valence-electron chi connectivity index (χ4n) is 2.62. The van der Waals surface area contributed by atoms with Crippen molar-refractivity contribution >= 4 is 28.2 Å². The number of carbonyl (C=O) groups is 1. The maximum Gasteiger partial charge on any atom is 0.325 e. The van der Waals surface area contributed by atoms with Gasteiger partial charge in [-0.05, 0) is 25.0 Å². The van der Waals surface area contributed by atoms with Gasteiger partial charge in [-0.25, -0.2) is 4.79 Å². The first-order valence-electron chi connectivity index (χ1n) is 7.30. The number of hydrogen-bond acceptors (Lipinski definition) is 5. The second kappa shape index (κ2) is 6.74. The maximum atomic E-state index is 12.0. The number of methoxy groups -OCH3 is 1. The van der Waals surface area contributed by atoms with Crippen molar-refractivity contribution < 1.29 is 9.53 Å². The minimum absolute atomic E-state index is 0.348. The molecule has 1 heterocycles. The number of aromatic nitrogens is 2. The summed E-state index contributed by atoms with van der Waals surface area (Å²) >= 11 is 1.45. The van der Waals surface area contributed by atoms with Crippen LogP contribution >= 0.6 is 11.3 Å². The Bertz CT molecular complexity index is 652. The Kier molecular flexibility index (Phi) is 4.53. The lowest BCUT2D eigenvalue weighted by Crippen LogP contribution is -2.19. The molecular formula is C15H18N4O2S. The summed E-state index contributed by atoms with van der Waals surface area (Å²) in [6, 6.07) is 6.90. The molecule has 0 radical (unpaired) electrons. The van der Waals surface area contributed by atoms with Gasteiger partial charge in [-0.3, -0.25) is 5.32 Å². The molecule has 1 aromatic carbocycles. The molecule has 1 aliphatic carbocycles. The highest BCUT2D eigenvalue weighted by molar-refractivity contribution is 7.15. The van der Waals surface area contributed by atoms with Crippen LogP contribution in [0.25, 0.3) is 0 Å². The largest absolute Gasteiger partial charge is 0.495 e. The van der Waals surface area contributed by atoms with E-state index in [1.807, 2.05) is 12.1 Å². The van der Waals surface area contributed by atoms with E-state index in [4.69, 9.17) is 4.74 Å². The van der Waals surface area contributed by atoms with Crippen molar-refractivity contribution in [1.29, 1.82) is 0 Å². The standard InChI is InChI=1S/C15H18N4O2S/c1-21-12-9-5-4-8-11(12)16-14(20)17-15-19-18-13(22-15)10-6-2-3-7-10/h4-5,8-10H,2-3,6-7H2,1H3,(H2,16,17,19,20). The van der Waals surface area contributed by atoms with E-state index in [-0.39, 0.29) is 6.03 Å². The summed E-state index contributed by atoms with van der Waals surface area (Å²) in [4.78, 5) is 12.0. The molecule has 2 amide bonds. The first-order chi connectivity index (χ1) is 10.8. The number of hydrogen-bond donors (Lipinski definition) is 2. The first-order valence-corrected chi connectivity index (χ1v) is 8.12. The molecule has 1 aromatic heterocycles. The Morgan fingerprint density at radius 1 is 1.23 bits per heavy atom. The Balaban J connectivity index is 1.62. The summed E-state index contributed by atoms with van der Waals surface area (Å²) < 4.78 is 5.20. The molecule has 1 fully saturated rings. The zero-order valence-electron chi connectivity index (χ0n) is 12.3. The fraction of sp³-hybridized carbons (Fsp3) is 0.400. The lowest BCUT2D eigenvalue weighted by molar-refractivity contribution is 0.262. The quantitative estimate of drug-likeness (QED) is 0.898. The Labute approximate surface area is 132 Å². The summed E-state index contributed by atoms with van der Waals surface area (Å²) in [6.45, 7) is 0. The van der Waals surface area contributed by atoms with Crippen LogP contribution in [-0.4, -0.2) is 23.3 Å². The molecule has 0 bridgehead atoms. The van der Waals surface area contributed by atoms with Crippen LogP contribution in [0.3, 0.4) is 0 Å². The molecular weight excluding hydrogens is 300 g/mol. The average molecular weight is 318 g/mol. The van der Waals surface area contributed by atoms with Crippen molar-refractivity contribution in [2.45, 2.75) is 31.6 Å². The number of nitrogens with one attached hydrogen (secondary N) is 2. The number of carbonyl (C=O) groups excluding carboxylic acids is 1. The van der Waals surface area contributed by atoms with Crippen LogP contribution in [0.4, 0.5) is 15.6 Å². The number of nitrogens with zero attached hydrogens (tertiary/aromatic N) is 2. The molecule has 2 aromatic rings. The SMILES string of the molecule is COc1ccccc1NC(=O)Nc1nnc(C2CCCC2)s1. The highest BCUT2D eigenvalue weighted by atomic mass is 32.1. The third-order valence-electron chi connectivity index (χ3n) is 3.72. The van der Waals surface area contributed by atoms with Gasteiger partial charge in [-0.15, -0.1) is 10.2 Å². The molecule has 1 aliphatic rings. The smallest absolute Gasteiger partial charge is 0.325 e. The van der Waals surface area contributed by atoms with Gasteiger partial charge in [0.1, 0.15) is 10.8 Å². The van der Waals surface area contributed by atoms with E-state index in [1.165, 1.54) is 37.0 Å². The van der Waals surface area contributed by atoms with Crippen molar-refractivity contribution in [2.75, 3.05) is 17.7 Å². The Morgan fingerprint density at radius 3 is 2.77 bits per heavy atom. The monoisotopic (exact) mass is 318 g/mol. The molecule has 116 valence electrons. The van der Waals surface area contributed by atoms with Gasteiger partial charge in [-0.2, -0.15) is 0 Å². The van der Waals surface area contributed by atoms with Crippen LogP contribution in [0.1, 0.15) is 36.6 Å². The van der Waals surface area contributed by atoms with Gasteiger partial charge >= 0.3 is 6.03 Å². The normalized spacial score (nSPS) is 14.8. The molecule has 2 N–H and O–H groups in total. The zero-order valence-corrected chi connectivity index (χ0v) is 13.2. The lowest BCUT2D eigenvalue weighted by Gasteiger charge is -2.09. The second-order valence-corrected chi connectivity index (χ2v) is 6.22. The number of rotatable bonds is 4. The highest BCUT2D eigenvalue weighted by Crippen LogP contribution is 2.36. The van der Waals surface area contributed by atoms with Gasteiger partial charge in [0.2, 0.25) is 5.13 Å². The number of anilines is 2. The Morgan fingerprint density at radius 2 is 2.00 bits per heavy atom. The van der Waals surface area contributed by atoms with Crippen molar-refractivity contribution in [3.63, 3.8) is 0 Å². The number of benzene rings is 1. The van der Waals surface area contributed by atoms with Crippen molar-refractivity contribution in [3.05, 3.63) is 29.3 Å². The van der Waals surface area contributed by atoms with Gasteiger partial charge in [0.05, 0.1) is 12.8 Å². The summed E-state index contributed by atoms with van der Waals surface area (Å²) in [6.07, 6.45) is 4.84. The van der Waals surface area contributed by atoms with Crippen LogP contribution in [0.2, 0.25) is 0 Å². The Hall–Kier alpha value is -2.15. The van der Waals surface area contributed by atoms with E-state index >= 15 is 0 Å². The summed E-state index contributed by atoms with van der Waals surface area (Å²) in [7, 11) is 1.57. The molecule has 0 atom stereocenters. The number of para-hydroxylation sites is 2. The van der Waals surface area contributed by atoms with E-state index in [0.29, 0.717) is 22.5 Å². The van der Waals surface area contributed by atoms with E-state index < -0.39 is 0 Å². The zero-order chi connectivity index (χ0) is 15.4. The molecule has 7 heteroatoms. The third-order valence-corrected chi connectivity index (χ3v) is 4.72. The van der Waals surface area contributed by atoms with Crippen LogP contribution in [-0.2, 0) is 0 Å². The van der Waals surface area contributed by atoms with Crippen molar-refractivity contribution in [3.8, 4) is 5.75 Å². The molecule has 3 rings (SSSR count). The van der Waals surface area contributed by atoms with Gasteiger partial charge in [0.15, 0.2) is 0 Å². The molecule has 0 spiro atoms. The molecule has 0 unspecified atom stereocenters. The lowest BCUT2D eigenvalue weighted by atomic mass is 10.1. The molecule has 0 saturated heterocycles. The number of ether oxygens (including phenoxy) is 1. The van der Waals surface area contributed by atoms with E-state index in [9.17, 15) is 4.79 Å². The molecule has 0 aliphatic heterocycles. The number of amides is 2. The summed E-state index contributed by atoms with van der Waals surface area (Å²) in [5, 5.41) is 15.3. The van der Waals surface area contributed by atoms with Crippen LogP contribution in [0.15, 0.2) is 24.3 Å². The molecule has 1 saturated carbocycles. The van der Waals surface area contributed by atoms with Gasteiger partial charge in [0.25, 0.3) is 0 Å². The van der Waals surface area contributed by atoms with Crippen molar-refractivity contribution in [1.82, 2.24) is 10.2 Å². The highest BCUT2D eigenvalue weighted by Gasteiger charge is 2.21. The summed E-state index contributed by atoms with van der Waals surface area (Å²) in [5.41, 5.74) is 0.614. The predicted octanol–water partition coefficient (Wildman–Crippen LogP) is 3.85. The minimum Gasteiger partial charge on any atom is -0.495 e. The first kappa shape index (κ1) is 14.8. The van der Waals surface area contributed by atoms with Gasteiger partial charge in [-0.1, -0.05) is 36.3 Å². The topological polar surface area (TPSA) is 76.1 Å². The van der Waals surface area contributed by atoms with Crippen LogP contribution in [0, 0.1) is 0 Å². The van der Waals surface area contributed by atoms with E-state index in [0.717, 1.165) is 5.01 Å². The van der Waals surface area contributed by atoms with Crippen LogP contribution < -0.4 is 15.4 Å². The van der Waals surface area contributed by atoms with Gasteiger partial charge in [0, 0.05) is 5.92 Å². The summed E-state index contributed by atoms with van der Waals surface area (Å²) in [5.74, 6) is 1.12. The van der Waals surface area contributed by atoms with E-state index in [2.05, 4.69) is 20.8 Å². The molecule has 22 heavy (non-hydrogen) atoms. The predicted molar refractivity (Wildman–Crippen MR) is 86.8 cm³/mol. The third kappa shape index (κ3) is 3.36. The van der Waals surface area contributed by atoms with Crippen molar-refractivity contribution in [2.24, 2.45) is 0 Å². The average Bonchev–Trinajstić information content (AvgIpc) is 3.18. The maximum absolute atomic E-state index is 12.0. The second-order valence-electron chi connectivity index (χ2n) is 5.21. The fourth-order valence-corrected chi connectivity index (χ4v) is 3.53. The number of urea groups is 1. The minimum atomic E-state index is -0.348. The van der Waals surface area contributed by atoms with Crippen LogP contribution in [0.5, 0.6) is 5.75 Å². The van der Waals surface area contributed by atoms with E-state index in [1.54, 1.807) is 19.2 Å². The molecule has 6 nitrogen and oxygen atoms in total. The van der Waals surface area contributed by atoms with Gasteiger partial charge < -0.3 is 10.1 Å².